The summed E-state index contributed by atoms with van der Waals surface area (Å²) in [6, 6.07) is 5.55. The van der Waals surface area contributed by atoms with E-state index in [1.54, 1.807) is 6.07 Å². The van der Waals surface area contributed by atoms with Gasteiger partial charge in [0.15, 0.2) is 22.7 Å². The molecule has 0 unspecified atom stereocenters. The summed E-state index contributed by atoms with van der Waals surface area (Å²) in [5, 5.41) is 7.65. The van der Waals surface area contributed by atoms with Gasteiger partial charge in [0.05, 0.1) is 29.5 Å². The van der Waals surface area contributed by atoms with Crippen LogP contribution in [0.1, 0.15) is 0 Å². The molecule has 0 saturated carbocycles. The van der Waals surface area contributed by atoms with Gasteiger partial charge in [0.2, 0.25) is 0 Å². The molecule has 1 saturated heterocycles. The normalized spacial score (nSPS) is 15.3. The minimum Gasteiger partial charge on any atom is -0.378 e. The second kappa shape index (κ2) is 6.74. The van der Waals surface area contributed by atoms with Crippen molar-refractivity contribution in [2.24, 2.45) is 0 Å². The van der Waals surface area contributed by atoms with E-state index >= 15 is 0 Å². The van der Waals surface area contributed by atoms with Crippen LogP contribution in [0.2, 0.25) is 0 Å². The number of nitrogens with zero attached hydrogens (tertiary/aromatic N) is 3. The number of ether oxygens (including phenoxy) is 1. The lowest BCUT2D eigenvalue weighted by Gasteiger charge is -2.28. The molecule has 142 valence electrons. The molecule has 0 atom stereocenters. The maximum atomic E-state index is 13.4. The third-order valence-electron chi connectivity index (χ3n) is 4.19. The van der Waals surface area contributed by atoms with Crippen LogP contribution in [0, 0.1) is 11.6 Å². The molecule has 1 aliphatic rings. The predicted octanol–water partition coefficient (Wildman–Crippen LogP) is 2.14. The van der Waals surface area contributed by atoms with Gasteiger partial charge in [-0.2, -0.15) is 0 Å². The van der Waals surface area contributed by atoms with E-state index in [0.717, 1.165) is 17.8 Å². The van der Waals surface area contributed by atoms with Crippen molar-refractivity contribution >= 4 is 32.4 Å². The number of rotatable bonds is 4. The summed E-state index contributed by atoms with van der Waals surface area (Å²) in [4.78, 5) is 1.62. The van der Waals surface area contributed by atoms with E-state index in [-0.39, 0.29) is 11.2 Å². The zero-order valence-corrected chi connectivity index (χ0v) is 14.7. The highest BCUT2D eigenvalue weighted by atomic mass is 32.2. The first-order valence-corrected chi connectivity index (χ1v) is 9.50. The van der Waals surface area contributed by atoms with Crippen LogP contribution in [-0.2, 0) is 14.8 Å². The molecule has 3 aromatic rings. The molecule has 11 heteroatoms. The molecule has 0 spiro atoms. The van der Waals surface area contributed by atoms with Gasteiger partial charge < -0.3 is 9.64 Å². The first kappa shape index (κ1) is 17.6. The Morgan fingerprint density at radius 2 is 1.74 bits per heavy atom. The Morgan fingerprint density at radius 1 is 1.00 bits per heavy atom. The Morgan fingerprint density at radius 3 is 2.48 bits per heavy atom. The van der Waals surface area contributed by atoms with Gasteiger partial charge in [-0.3, -0.25) is 4.72 Å². The molecule has 1 N–H and O–H groups in total. The van der Waals surface area contributed by atoms with Gasteiger partial charge in [0.25, 0.3) is 10.0 Å². The monoisotopic (exact) mass is 396 g/mol. The van der Waals surface area contributed by atoms with E-state index in [1.807, 2.05) is 4.90 Å². The first-order valence-electron chi connectivity index (χ1n) is 8.01. The quantitative estimate of drug-likeness (QED) is 0.722. The summed E-state index contributed by atoms with van der Waals surface area (Å²) >= 11 is 0. The summed E-state index contributed by atoms with van der Waals surface area (Å²) in [6.07, 6.45) is 0. The van der Waals surface area contributed by atoms with Crippen LogP contribution in [0.25, 0.3) is 11.0 Å². The van der Waals surface area contributed by atoms with E-state index < -0.39 is 26.6 Å². The van der Waals surface area contributed by atoms with Crippen LogP contribution in [0.3, 0.4) is 0 Å². The fraction of sp³-hybridized carbons (Fsp3) is 0.250. The number of nitrogens with one attached hydrogen (secondary N) is 1. The molecule has 1 fully saturated rings. The number of morpholine rings is 1. The van der Waals surface area contributed by atoms with E-state index in [1.165, 1.54) is 6.07 Å². The average Bonchev–Trinajstić information content (AvgIpc) is 3.15. The average molecular weight is 396 g/mol. The van der Waals surface area contributed by atoms with Gasteiger partial charge >= 0.3 is 0 Å². The van der Waals surface area contributed by atoms with E-state index in [2.05, 4.69) is 15.0 Å². The van der Waals surface area contributed by atoms with Crippen molar-refractivity contribution in [2.75, 3.05) is 35.9 Å². The van der Waals surface area contributed by atoms with Crippen LogP contribution in [0.4, 0.5) is 20.2 Å². The topological polar surface area (TPSA) is 97.6 Å². The Hall–Kier alpha value is -2.79. The number of hydrogen-bond donors (Lipinski definition) is 1. The summed E-state index contributed by atoms with van der Waals surface area (Å²) in [7, 11) is -4.16. The van der Waals surface area contributed by atoms with Crippen molar-refractivity contribution in [3.05, 3.63) is 42.0 Å². The van der Waals surface area contributed by atoms with Crippen LogP contribution in [0.5, 0.6) is 0 Å². The molecule has 0 aliphatic carbocycles. The van der Waals surface area contributed by atoms with E-state index in [0.29, 0.717) is 37.9 Å². The molecule has 2 heterocycles. The molecule has 2 aromatic carbocycles. The standard InChI is InChI=1S/C16H14F2N4O4S/c17-11-2-1-10(9-12(11)18)27(23,24)21-13-3-4-14(16-15(13)19-26-20-16)22-5-7-25-8-6-22/h1-4,9,21H,5-8H2. The third kappa shape index (κ3) is 3.30. The molecule has 0 bridgehead atoms. The highest BCUT2D eigenvalue weighted by Gasteiger charge is 2.22. The van der Waals surface area contributed by atoms with Crippen LogP contribution >= 0.6 is 0 Å². The molecule has 1 aliphatic heterocycles. The fourth-order valence-electron chi connectivity index (χ4n) is 2.84. The second-order valence-electron chi connectivity index (χ2n) is 5.87. The van der Waals surface area contributed by atoms with Gasteiger partial charge in [0.1, 0.15) is 0 Å². The molecule has 0 amide bonds. The van der Waals surface area contributed by atoms with Gasteiger partial charge in [0, 0.05) is 13.1 Å². The van der Waals surface area contributed by atoms with Gasteiger partial charge in [-0.25, -0.2) is 21.8 Å². The molecule has 4 rings (SSSR count). The Kier molecular flexibility index (Phi) is 4.40. The largest absolute Gasteiger partial charge is 0.378 e. The van der Waals surface area contributed by atoms with Crippen LogP contribution < -0.4 is 9.62 Å². The van der Waals surface area contributed by atoms with Crippen molar-refractivity contribution < 1.29 is 26.6 Å². The maximum absolute atomic E-state index is 13.4. The minimum atomic E-state index is -4.16. The molecular weight excluding hydrogens is 382 g/mol. The first-order chi connectivity index (χ1) is 13.0. The second-order valence-corrected chi connectivity index (χ2v) is 7.56. The number of halogens is 2. The Labute approximate surface area is 152 Å². The number of fused-ring (bicyclic) bond motifs is 1. The van der Waals surface area contributed by atoms with E-state index in [9.17, 15) is 17.2 Å². The lowest BCUT2D eigenvalue weighted by Crippen LogP contribution is -2.36. The molecule has 27 heavy (non-hydrogen) atoms. The third-order valence-corrected chi connectivity index (χ3v) is 5.55. The zero-order valence-electron chi connectivity index (χ0n) is 13.9. The van der Waals surface area contributed by atoms with Crippen LogP contribution in [0.15, 0.2) is 39.9 Å². The smallest absolute Gasteiger partial charge is 0.262 e. The van der Waals surface area contributed by atoms with Gasteiger partial charge in [-0.05, 0) is 40.6 Å². The Balaban J connectivity index is 1.70. The van der Waals surface area contributed by atoms with Crippen molar-refractivity contribution in [3.8, 4) is 0 Å². The SMILES string of the molecule is O=S(=O)(Nc1ccc(N2CCOCC2)c2nonc12)c1ccc(F)c(F)c1. The van der Waals surface area contributed by atoms with Gasteiger partial charge in [-0.15, -0.1) is 0 Å². The maximum Gasteiger partial charge on any atom is 0.262 e. The Bertz CT molecular complexity index is 1100. The minimum absolute atomic E-state index is 0.119. The highest BCUT2D eigenvalue weighted by molar-refractivity contribution is 7.92. The number of aromatic nitrogens is 2. The van der Waals surface area contributed by atoms with Crippen LogP contribution in [-0.4, -0.2) is 45.0 Å². The molecular formula is C16H14F2N4O4S. The summed E-state index contributed by atoms with van der Waals surface area (Å²) in [5.41, 5.74) is 1.46. The van der Waals surface area contributed by atoms with Crippen molar-refractivity contribution in [2.45, 2.75) is 4.90 Å². The lowest BCUT2D eigenvalue weighted by molar-refractivity contribution is 0.123. The lowest BCUT2D eigenvalue weighted by atomic mass is 10.2. The summed E-state index contributed by atoms with van der Waals surface area (Å²) < 4.78 is 63.9. The number of benzene rings is 2. The van der Waals surface area contributed by atoms with Crippen molar-refractivity contribution in [1.82, 2.24) is 10.3 Å². The summed E-state index contributed by atoms with van der Waals surface area (Å²) in [5.74, 6) is -2.39. The predicted molar refractivity (Wildman–Crippen MR) is 92.0 cm³/mol. The van der Waals surface area contributed by atoms with E-state index in [4.69, 9.17) is 9.37 Å². The fourth-order valence-corrected chi connectivity index (χ4v) is 3.92. The number of hydrogen-bond acceptors (Lipinski definition) is 7. The van der Waals surface area contributed by atoms with Crippen molar-refractivity contribution in [1.29, 1.82) is 0 Å². The number of anilines is 2. The zero-order chi connectivity index (χ0) is 19.0. The number of sulfonamides is 1. The summed E-state index contributed by atoms with van der Waals surface area (Å²) in [6.45, 7) is 2.44. The molecule has 0 radical (unpaired) electrons. The highest BCUT2D eigenvalue weighted by Crippen LogP contribution is 2.31. The van der Waals surface area contributed by atoms with Gasteiger partial charge in [-0.1, -0.05) is 0 Å². The molecule has 8 nitrogen and oxygen atoms in total. The van der Waals surface area contributed by atoms with Crippen molar-refractivity contribution in [3.63, 3.8) is 0 Å². The molecule has 1 aromatic heterocycles.